The van der Waals surface area contributed by atoms with E-state index >= 15 is 0 Å². The molecule has 0 aliphatic carbocycles. The van der Waals surface area contributed by atoms with E-state index in [1.54, 1.807) is 13.8 Å². The predicted octanol–water partition coefficient (Wildman–Crippen LogP) is -0.434. The van der Waals surface area contributed by atoms with E-state index in [9.17, 15) is 19.2 Å². The van der Waals surface area contributed by atoms with E-state index in [1.165, 1.54) is 14.2 Å². The van der Waals surface area contributed by atoms with E-state index in [0.717, 1.165) is 0 Å². The molecule has 2 fully saturated rings. The fraction of sp³-hybridized carbons (Fsp3) is 0.750. The molecule has 1 N–H and O–H groups in total. The highest BCUT2D eigenvalue weighted by molar-refractivity contribution is 6.01. The van der Waals surface area contributed by atoms with E-state index in [2.05, 4.69) is 5.32 Å². The van der Waals surface area contributed by atoms with Crippen molar-refractivity contribution in [1.82, 2.24) is 5.32 Å². The standard InChI is InChI=1S/C16H23NO8/c1-5-24-11(18)9-10(12(19)25-6-2)16(14(21)23-4)8-7-15(9,17-16)13(20)22-3/h9-10,17H,5-8H2,1-4H3/t9-,10-,15-,16+/m1/s1. The Balaban J connectivity index is 2.60. The van der Waals surface area contributed by atoms with E-state index in [-0.39, 0.29) is 26.1 Å². The third kappa shape index (κ3) is 2.66. The average Bonchev–Trinajstić information content (AvgIpc) is 3.14. The van der Waals surface area contributed by atoms with Gasteiger partial charge in [0.15, 0.2) is 0 Å². The number of rotatable bonds is 6. The number of methoxy groups -OCH3 is 2. The summed E-state index contributed by atoms with van der Waals surface area (Å²) in [5.74, 6) is -5.47. The van der Waals surface area contributed by atoms with Gasteiger partial charge in [-0.2, -0.15) is 0 Å². The summed E-state index contributed by atoms with van der Waals surface area (Å²) in [7, 11) is 2.35. The topological polar surface area (TPSA) is 117 Å². The first-order chi connectivity index (χ1) is 11.8. The maximum atomic E-state index is 12.6. The monoisotopic (exact) mass is 357 g/mol. The Bertz CT molecular complexity index is 541. The number of hydrogen-bond acceptors (Lipinski definition) is 9. The number of nitrogens with one attached hydrogen (secondary N) is 1. The van der Waals surface area contributed by atoms with Crippen LogP contribution >= 0.6 is 0 Å². The van der Waals surface area contributed by atoms with Gasteiger partial charge in [0.2, 0.25) is 0 Å². The number of hydrogen-bond donors (Lipinski definition) is 1. The number of ether oxygens (including phenoxy) is 4. The maximum absolute atomic E-state index is 12.6. The summed E-state index contributed by atoms with van der Waals surface area (Å²) in [5, 5.41) is 2.88. The SMILES string of the molecule is CCOC(=O)[C@H]1[C@H](C(=O)OCC)[C@]2(C(=O)OC)CC[C@@]1(C(=O)OC)N2. The Morgan fingerprint density at radius 2 is 1.20 bits per heavy atom. The Morgan fingerprint density at radius 3 is 1.48 bits per heavy atom. The lowest BCUT2D eigenvalue weighted by Gasteiger charge is -2.35. The van der Waals surface area contributed by atoms with Crippen molar-refractivity contribution in [3.8, 4) is 0 Å². The molecule has 2 rings (SSSR count). The number of carbonyl (C=O) groups is 4. The summed E-state index contributed by atoms with van der Waals surface area (Å²) in [4.78, 5) is 50.2. The molecule has 0 aromatic rings. The second-order valence-electron chi connectivity index (χ2n) is 6.01. The van der Waals surface area contributed by atoms with E-state index in [0.29, 0.717) is 0 Å². The van der Waals surface area contributed by atoms with Crippen LogP contribution in [0, 0.1) is 11.8 Å². The molecule has 4 atom stereocenters. The van der Waals surface area contributed by atoms with Crippen LogP contribution in [0.2, 0.25) is 0 Å². The second kappa shape index (κ2) is 6.99. The molecule has 0 saturated carbocycles. The molecule has 9 nitrogen and oxygen atoms in total. The van der Waals surface area contributed by atoms with Crippen LogP contribution in [0.1, 0.15) is 26.7 Å². The van der Waals surface area contributed by atoms with E-state index < -0.39 is 46.8 Å². The van der Waals surface area contributed by atoms with Crippen molar-refractivity contribution in [3.05, 3.63) is 0 Å². The highest BCUT2D eigenvalue weighted by Crippen LogP contribution is 2.54. The van der Waals surface area contributed by atoms with Gasteiger partial charge in [0.1, 0.15) is 22.9 Å². The zero-order valence-electron chi connectivity index (χ0n) is 14.7. The zero-order valence-corrected chi connectivity index (χ0v) is 14.7. The average molecular weight is 357 g/mol. The Labute approximate surface area is 145 Å². The van der Waals surface area contributed by atoms with Gasteiger partial charge >= 0.3 is 23.9 Å². The van der Waals surface area contributed by atoms with Gasteiger partial charge in [0.25, 0.3) is 0 Å². The fourth-order valence-corrected chi connectivity index (χ4v) is 4.02. The molecular weight excluding hydrogens is 334 g/mol. The van der Waals surface area contributed by atoms with Gasteiger partial charge in [0.05, 0.1) is 27.4 Å². The van der Waals surface area contributed by atoms with Crippen molar-refractivity contribution in [3.63, 3.8) is 0 Å². The van der Waals surface area contributed by atoms with Gasteiger partial charge in [-0.1, -0.05) is 0 Å². The normalized spacial score (nSPS) is 32.8. The van der Waals surface area contributed by atoms with Crippen molar-refractivity contribution in [2.24, 2.45) is 11.8 Å². The molecule has 0 aromatic heterocycles. The molecule has 0 amide bonds. The minimum atomic E-state index is -1.54. The quantitative estimate of drug-likeness (QED) is 0.499. The smallest absolute Gasteiger partial charge is 0.327 e. The fourth-order valence-electron chi connectivity index (χ4n) is 4.02. The summed E-state index contributed by atoms with van der Waals surface area (Å²) >= 11 is 0. The van der Waals surface area contributed by atoms with Crippen LogP contribution in [0.15, 0.2) is 0 Å². The number of esters is 4. The molecule has 140 valence electrons. The van der Waals surface area contributed by atoms with Crippen LogP contribution in [0.25, 0.3) is 0 Å². The molecule has 2 heterocycles. The van der Waals surface area contributed by atoms with Crippen LogP contribution in [-0.2, 0) is 38.1 Å². The van der Waals surface area contributed by atoms with Crippen molar-refractivity contribution in [1.29, 1.82) is 0 Å². The second-order valence-corrected chi connectivity index (χ2v) is 6.01. The van der Waals surface area contributed by atoms with Crippen molar-refractivity contribution >= 4 is 23.9 Å². The van der Waals surface area contributed by atoms with E-state index in [4.69, 9.17) is 18.9 Å². The first-order valence-corrected chi connectivity index (χ1v) is 8.14. The van der Waals surface area contributed by atoms with Crippen LogP contribution < -0.4 is 5.32 Å². The molecule has 0 aromatic carbocycles. The van der Waals surface area contributed by atoms with Gasteiger partial charge in [-0.3, -0.25) is 24.5 Å². The number of fused-ring (bicyclic) bond motifs is 2. The van der Waals surface area contributed by atoms with Gasteiger partial charge in [-0.25, -0.2) is 0 Å². The predicted molar refractivity (Wildman–Crippen MR) is 82.1 cm³/mol. The summed E-state index contributed by atoms with van der Waals surface area (Å²) in [5.41, 5.74) is -3.07. The first-order valence-electron chi connectivity index (χ1n) is 8.14. The zero-order chi connectivity index (χ0) is 18.8. The molecule has 2 aliphatic heterocycles. The molecule has 0 unspecified atom stereocenters. The van der Waals surface area contributed by atoms with Crippen molar-refractivity contribution < 1.29 is 38.1 Å². The molecular formula is C16H23NO8. The third-order valence-electron chi connectivity index (χ3n) is 4.94. The molecule has 0 radical (unpaired) electrons. The summed E-state index contributed by atoms with van der Waals surface area (Å²) in [6, 6.07) is 0. The van der Waals surface area contributed by atoms with Crippen LogP contribution in [0.4, 0.5) is 0 Å². The van der Waals surface area contributed by atoms with Gasteiger partial charge < -0.3 is 18.9 Å². The highest BCUT2D eigenvalue weighted by Gasteiger charge is 2.77. The van der Waals surface area contributed by atoms with Crippen LogP contribution in [0.5, 0.6) is 0 Å². The summed E-state index contributed by atoms with van der Waals surface area (Å²) in [6.07, 6.45) is 0.266. The summed E-state index contributed by atoms with van der Waals surface area (Å²) in [6.45, 7) is 3.35. The minimum absolute atomic E-state index is 0.0629. The third-order valence-corrected chi connectivity index (χ3v) is 4.94. The van der Waals surface area contributed by atoms with Gasteiger partial charge in [-0.05, 0) is 26.7 Å². The number of carbonyl (C=O) groups excluding carboxylic acids is 4. The lowest BCUT2D eigenvalue weighted by molar-refractivity contribution is -0.171. The molecule has 0 spiro atoms. The molecule has 9 heteroatoms. The maximum Gasteiger partial charge on any atom is 0.327 e. The lowest BCUT2D eigenvalue weighted by atomic mass is 9.66. The highest BCUT2D eigenvalue weighted by atomic mass is 16.6. The lowest BCUT2D eigenvalue weighted by Crippen LogP contribution is -2.54. The van der Waals surface area contributed by atoms with Crippen molar-refractivity contribution in [2.75, 3.05) is 27.4 Å². The Kier molecular flexibility index (Phi) is 5.36. The largest absolute Gasteiger partial charge is 0.468 e. The Hall–Kier alpha value is -2.16. The minimum Gasteiger partial charge on any atom is -0.468 e. The van der Waals surface area contributed by atoms with Gasteiger partial charge in [-0.15, -0.1) is 0 Å². The molecule has 2 bridgehead atoms. The van der Waals surface area contributed by atoms with Gasteiger partial charge in [0, 0.05) is 0 Å². The van der Waals surface area contributed by atoms with Crippen LogP contribution in [-0.4, -0.2) is 62.4 Å². The first kappa shape index (κ1) is 19.2. The van der Waals surface area contributed by atoms with Crippen molar-refractivity contribution in [2.45, 2.75) is 37.8 Å². The molecule has 2 saturated heterocycles. The van der Waals surface area contributed by atoms with Crippen LogP contribution in [0.3, 0.4) is 0 Å². The summed E-state index contributed by atoms with van der Waals surface area (Å²) < 4.78 is 19.8. The van der Waals surface area contributed by atoms with E-state index in [1.807, 2.05) is 0 Å². The Morgan fingerprint density at radius 1 is 0.840 bits per heavy atom. The molecule has 2 aliphatic rings. The molecule has 25 heavy (non-hydrogen) atoms.